The van der Waals surface area contributed by atoms with Crippen LogP contribution in [0.1, 0.15) is 15.9 Å². The van der Waals surface area contributed by atoms with Gasteiger partial charge in [-0.2, -0.15) is 5.26 Å². The van der Waals surface area contributed by atoms with Gasteiger partial charge in [0.1, 0.15) is 17.6 Å². The van der Waals surface area contributed by atoms with Gasteiger partial charge in [-0.1, -0.05) is 11.6 Å². The molecule has 0 aliphatic rings. The second kappa shape index (κ2) is 5.59. The van der Waals surface area contributed by atoms with Crippen molar-refractivity contribution in [1.82, 2.24) is 0 Å². The van der Waals surface area contributed by atoms with Crippen LogP contribution in [0.3, 0.4) is 0 Å². The van der Waals surface area contributed by atoms with Crippen molar-refractivity contribution in [1.29, 1.82) is 5.26 Å². The molecular weight excluding hydrogens is 283 g/mol. The van der Waals surface area contributed by atoms with Gasteiger partial charge in [-0.3, -0.25) is 4.79 Å². The number of nitrogens with zero attached hydrogens (tertiary/aromatic N) is 1. The summed E-state index contributed by atoms with van der Waals surface area (Å²) in [7, 11) is 0. The summed E-state index contributed by atoms with van der Waals surface area (Å²) < 4.78 is 13.1. The Morgan fingerprint density at radius 3 is 2.75 bits per heavy atom. The molecule has 0 unspecified atom stereocenters. The fraction of sp³-hybridized carbons (Fsp3) is 0. The molecule has 1 amide bonds. The van der Waals surface area contributed by atoms with Gasteiger partial charge in [-0.15, -0.1) is 0 Å². The zero-order valence-electron chi connectivity index (χ0n) is 10.0. The van der Waals surface area contributed by atoms with E-state index < -0.39 is 11.7 Å². The third-order valence-electron chi connectivity index (χ3n) is 2.55. The van der Waals surface area contributed by atoms with Crippen LogP contribution >= 0.6 is 11.6 Å². The number of carbonyl (C=O) groups is 1. The van der Waals surface area contributed by atoms with Gasteiger partial charge in [0, 0.05) is 5.02 Å². The first-order valence-corrected chi connectivity index (χ1v) is 5.88. The first-order chi connectivity index (χ1) is 9.51. The minimum absolute atomic E-state index is 0.189. The second-order valence-electron chi connectivity index (χ2n) is 3.92. The molecule has 2 aromatic carbocycles. The molecule has 0 aliphatic carbocycles. The molecule has 0 radical (unpaired) electrons. The van der Waals surface area contributed by atoms with E-state index in [1.54, 1.807) is 0 Å². The number of phenolic OH excluding ortho intramolecular Hbond substituents is 1. The Hall–Kier alpha value is -2.58. The van der Waals surface area contributed by atoms with Crippen molar-refractivity contribution < 1.29 is 14.3 Å². The fourth-order valence-electron chi connectivity index (χ4n) is 1.60. The average Bonchev–Trinajstić information content (AvgIpc) is 2.41. The number of phenols is 1. The molecule has 4 nitrogen and oxygen atoms in total. The summed E-state index contributed by atoms with van der Waals surface area (Å²) in [6, 6.07) is 9.26. The van der Waals surface area contributed by atoms with Gasteiger partial charge < -0.3 is 10.4 Å². The molecule has 2 N–H and O–H groups in total. The monoisotopic (exact) mass is 290 g/mol. The van der Waals surface area contributed by atoms with Crippen molar-refractivity contribution in [3.8, 4) is 11.8 Å². The zero-order chi connectivity index (χ0) is 14.7. The molecule has 0 bridgehead atoms. The molecule has 0 spiro atoms. The third kappa shape index (κ3) is 2.87. The number of anilines is 1. The van der Waals surface area contributed by atoms with Crippen LogP contribution in [0.5, 0.6) is 5.75 Å². The Morgan fingerprint density at radius 1 is 1.30 bits per heavy atom. The summed E-state index contributed by atoms with van der Waals surface area (Å²) >= 11 is 5.79. The second-order valence-corrected chi connectivity index (χ2v) is 4.35. The van der Waals surface area contributed by atoms with Crippen LogP contribution in [0, 0.1) is 17.1 Å². The molecule has 0 aromatic heterocycles. The highest BCUT2D eigenvalue weighted by molar-refractivity contribution is 6.31. The Bertz CT molecular complexity index is 726. The number of carbonyl (C=O) groups excluding carboxylic acids is 1. The highest BCUT2D eigenvalue weighted by Gasteiger charge is 2.14. The number of benzene rings is 2. The van der Waals surface area contributed by atoms with E-state index >= 15 is 0 Å². The lowest BCUT2D eigenvalue weighted by molar-refractivity contribution is 0.102. The van der Waals surface area contributed by atoms with Gasteiger partial charge in [0.2, 0.25) is 0 Å². The molecule has 20 heavy (non-hydrogen) atoms. The van der Waals surface area contributed by atoms with Crippen LogP contribution < -0.4 is 5.32 Å². The zero-order valence-corrected chi connectivity index (χ0v) is 10.8. The maximum atomic E-state index is 13.1. The summed E-state index contributed by atoms with van der Waals surface area (Å²) in [6.45, 7) is 0. The van der Waals surface area contributed by atoms with Crippen molar-refractivity contribution in [3.63, 3.8) is 0 Å². The van der Waals surface area contributed by atoms with Crippen LogP contribution in [-0.2, 0) is 0 Å². The lowest BCUT2D eigenvalue weighted by atomic mass is 10.1. The Kier molecular flexibility index (Phi) is 3.87. The number of rotatable bonds is 2. The van der Waals surface area contributed by atoms with Crippen LogP contribution in [0.25, 0.3) is 0 Å². The lowest BCUT2D eigenvalue weighted by Crippen LogP contribution is -2.13. The van der Waals surface area contributed by atoms with Gasteiger partial charge in [0.15, 0.2) is 0 Å². The normalized spacial score (nSPS) is 9.85. The van der Waals surface area contributed by atoms with Crippen LogP contribution in [0.2, 0.25) is 5.02 Å². The maximum absolute atomic E-state index is 13.1. The molecule has 0 saturated heterocycles. The van der Waals surface area contributed by atoms with Gasteiger partial charge in [0.05, 0.1) is 16.8 Å². The standard InChI is InChI=1S/C14H8ClFN2O2/c15-9-2-1-8(7-17)12(5-9)18-14(20)11-6-10(16)3-4-13(11)19/h1-6,19H,(H,18,20). The van der Waals surface area contributed by atoms with E-state index in [0.717, 1.165) is 18.2 Å². The number of nitriles is 1. The SMILES string of the molecule is N#Cc1ccc(Cl)cc1NC(=O)c1cc(F)ccc1O. The number of nitrogens with one attached hydrogen (secondary N) is 1. The minimum Gasteiger partial charge on any atom is -0.507 e. The predicted molar refractivity (Wildman–Crippen MR) is 72.2 cm³/mol. The predicted octanol–water partition coefficient (Wildman–Crippen LogP) is 3.31. The fourth-order valence-corrected chi connectivity index (χ4v) is 1.77. The third-order valence-corrected chi connectivity index (χ3v) is 2.79. The maximum Gasteiger partial charge on any atom is 0.259 e. The van der Waals surface area contributed by atoms with Crippen LogP contribution in [-0.4, -0.2) is 11.0 Å². The molecule has 2 rings (SSSR count). The summed E-state index contributed by atoms with van der Waals surface area (Å²) in [5.74, 6) is -1.75. The van der Waals surface area contributed by atoms with Gasteiger partial charge in [0.25, 0.3) is 5.91 Å². The highest BCUT2D eigenvalue weighted by Crippen LogP contribution is 2.23. The average molecular weight is 291 g/mol. The lowest BCUT2D eigenvalue weighted by Gasteiger charge is -2.08. The van der Waals surface area contributed by atoms with Crippen molar-refractivity contribution in [3.05, 3.63) is 58.4 Å². The Morgan fingerprint density at radius 2 is 2.05 bits per heavy atom. The topological polar surface area (TPSA) is 73.1 Å². The van der Waals surface area contributed by atoms with Crippen molar-refractivity contribution in [2.24, 2.45) is 0 Å². The van der Waals surface area contributed by atoms with E-state index in [4.69, 9.17) is 16.9 Å². The van der Waals surface area contributed by atoms with Crippen LogP contribution in [0.15, 0.2) is 36.4 Å². The summed E-state index contributed by atoms with van der Waals surface area (Å²) in [5, 5.41) is 21.2. The van der Waals surface area contributed by atoms with E-state index in [9.17, 15) is 14.3 Å². The molecule has 0 heterocycles. The summed E-state index contributed by atoms with van der Waals surface area (Å²) in [4.78, 5) is 12.0. The first kappa shape index (κ1) is 13.8. The number of halogens is 2. The number of hydrogen-bond donors (Lipinski definition) is 2. The molecular formula is C14H8ClFN2O2. The molecule has 100 valence electrons. The Labute approximate surface area is 119 Å². The van der Waals surface area contributed by atoms with Gasteiger partial charge in [-0.05, 0) is 36.4 Å². The van der Waals surface area contributed by atoms with Gasteiger partial charge >= 0.3 is 0 Å². The van der Waals surface area contributed by atoms with E-state index in [1.807, 2.05) is 6.07 Å². The number of amides is 1. The molecule has 0 saturated carbocycles. The molecule has 0 atom stereocenters. The van der Waals surface area contributed by atoms with E-state index in [2.05, 4.69) is 5.32 Å². The number of aromatic hydroxyl groups is 1. The Balaban J connectivity index is 2.35. The van der Waals surface area contributed by atoms with Crippen molar-refractivity contribution in [2.75, 3.05) is 5.32 Å². The molecule has 6 heteroatoms. The highest BCUT2D eigenvalue weighted by atomic mass is 35.5. The largest absolute Gasteiger partial charge is 0.507 e. The smallest absolute Gasteiger partial charge is 0.259 e. The molecule has 0 fully saturated rings. The van der Waals surface area contributed by atoms with Crippen molar-refractivity contribution >= 4 is 23.2 Å². The van der Waals surface area contributed by atoms with Gasteiger partial charge in [-0.25, -0.2) is 4.39 Å². The molecule has 0 aliphatic heterocycles. The van der Waals surface area contributed by atoms with E-state index in [0.29, 0.717) is 5.02 Å². The van der Waals surface area contributed by atoms with E-state index in [-0.39, 0.29) is 22.6 Å². The quantitative estimate of drug-likeness (QED) is 0.891. The van der Waals surface area contributed by atoms with Crippen molar-refractivity contribution in [2.45, 2.75) is 0 Å². The van der Waals surface area contributed by atoms with Crippen LogP contribution in [0.4, 0.5) is 10.1 Å². The minimum atomic E-state index is -0.735. The number of hydrogen-bond acceptors (Lipinski definition) is 3. The molecule has 2 aromatic rings. The summed E-state index contributed by atoms with van der Waals surface area (Å²) in [5.41, 5.74) is 0.168. The summed E-state index contributed by atoms with van der Waals surface area (Å²) in [6.07, 6.45) is 0. The van der Waals surface area contributed by atoms with E-state index in [1.165, 1.54) is 18.2 Å². The first-order valence-electron chi connectivity index (χ1n) is 5.51.